The fourth-order valence-corrected chi connectivity index (χ4v) is 5.19. The topological polar surface area (TPSA) is 24.9 Å². The molecule has 0 spiro atoms. The minimum Gasteiger partial charge on any atom is -0.309 e. The first kappa shape index (κ1) is 15.5. The van der Waals surface area contributed by atoms with Crippen LogP contribution in [0, 0.1) is 0 Å². The summed E-state index contributed by atoms with van der Waals surface area (Å²) < 4.78 is 0. The Balaban J connectivity index is 1.69. The van der Waals surface area contributed by atoms with Gasteiger partial charge in [-0.05, 0) is 31.6 Å². The first-order valence-electron chi connectivity index (χ1n) is 8.97. The van der Waals surface area contributed by atoms with E-state index in [9.17, 15) is 0 Å². The minimum absolute atomic E-state index is 0.555. The molecule has 1 aromatic rings. The van der Waals surface area contributed by atoms with Crippen molar-refractivity contribution in [2.75, 3.05) is 0 Å². The number of nitrogens with one attached hydrogen (secondary N) is 1. The zero-order valence-electron chi connectivity index (χ0n) is 13.7. The average Bonchev–Trinajstić information content (AvgIpc) is 3.15. The molecule has 1 N–H and O–H groups in total. The number of thiazole rings is 1. The second kappa shape index (κ2) is 7.23. The Kier molecular flexibility index (Phi) is 5.33. The summed E-state index contributed by atoms with van der Waals surface area (Å²) >= 11 is 2.00. The second-order valence-corrected chi connectivity index (χ2v) is 8.33. The van der Waals surface area contributed by atoms with Gasteiger partial charge < -0.3 is 5.32 Å². The highest BCUT2D eigenvalue weighted by Crippen LogP contribution is 2.37. The largest absolute Gasteiger partial charge is 0.309 e. The maximum absolute atomic E-state index is 5.06. The first-order chi connectivity index (χ1) is 10.2. The van der Waals surface area contributed by atoms with E-state index < -0.39 is 0 Å². The second-order valence-electron chi connectivity index (χ2n) is 7.21. The molecule has 1 aromatic heterocycles. The molecule has 2 aliphatic carbocycles. The van der Waals surface area contributed by atoms with Gasteiger partial charge in [0.05, 0.1) is 10.7 Å². The fraction of sp³-hybridized carbons (Fsp3) is 0.833. The van der Waals surface area contributed by atoms with Gasteiger partial charge in [0.2, 0.25) is 0 Å². The van der Waals surface area contributed by atoms with Crippen molar-refractivity contribution >= 4 is 11.3 Å². The van der Waals surface area contributed by atoms with E-state index in [-0.39, 0.29) is 0 Å². The van der Waals surface area contributed by atoms with Crippen molar-refractivity contribution in [3.8, 4) is 0 Å². The summed E-state index contributed by atoms with van der Waals surface area (Å²) in [6, 6.07) is 0.755. The highest BCUT2D eigenvalue weighted by molar-refractivity contribution is 7.11. The summed E-state index contributed by atoms with van der Waals surface area (Å²) in [5, 5.41) is 5.21. The van der Waals surface area contributed by atoms with Crippen molar-refractivity contribution in [3.05, 3.63) is 15.6 Å². The Morgan fingerprint density at radius 3 is 2.38 bits per heavy atom. The van der Waals surface area contributed by atoms with Crippen molar-refractivity contribution < 1.29 is 0 Å². The van der Waals surface area contributed by atoms with Gasteiger partial charge in [0.15, 0.2) is 0 Å². The van der Waals surface area contributed by atoms with Gasteiger partial charge in [0.1, 0.15) is 0 Å². The Bertz CT molecular complexity index is 440. The molecule has 3 rings (SSSR count). The molecule has 2 nitrogen and oxygen atoms in total. The first-order valence-corrected chi connectivity index (χ1v) is 9.78. The fourth-order valence-electron chi connectivity index (χ4n) is 3.85. The molecule has 118 valence electrons. The van der Waals surface area contributed by atoms with Gasteiger partial charge in [0.25, 0.3) is 0 Å². The smallest absolute Gasteiger partial charge is 0.0962 e. The van der Waals surface area contributed by atoms with Crippen molar-refractivity contribution in [2.45, 2.75) is 96.1 Å². The van der Waals surface area contributed by atoms with E-state index in [1.54, 1.807) is 0 Å². The Labute approximate surface area is 133 Å². The predicted octanol–water partition coefficient (Wildman–Crippen LogP) is 5.35. The molecule has 1 heterocycles. The van der Waals surface area contributed by atoms with Crippen LogP contribution in [0.15, 0.2) is 0 Å². The van der Waals surface area contributed by atoms with Crippen LogP contribution in [0.3, 0.4) is 0 Å². The number of hydrogen-bond donors (Lipinski definition) is 1. The van der Waals surface area contributed by atoms with Crippen LogP contribution >= 0.6 is 11.3 Å². The molecular weight excluding hydrogens is 276 g/mol. The number of hydrogen-bond acceptors (Lipinski definition) is 3. The normalized spacial score (nSPS) is 21.5. The van der Waals surface area contributed by atoms with Gasteiger partial charge in [0, 0.05) is 23.4 Å². The molecule has 0 aliphatic heterocycles. The molecule has 0 radical (unpaired) electrons. The third kappa shape index (κ3) is 3.87. The lowest BCUT2D eigenvalue weighted by Gasteiger charge is -2.19. The summed E-state index contributed by atoms with van der Waals surface area (Å²) in [5.74, 6) is 1.31. The van der Waals surface area contributed by atoms with Crippen LogP contribution < -0.4 is 5.32 Å². The van der Waals surface area contributed by atoms with Gasteiger partial charge in [-0.2, -0.15) is 0 Å². The monoisotopic (exact) mass is 306 g/mol. The zero-order valence-corrected chi connectivity index (χ0v) is 14.5. The molecule has 2 saturated carbocycles. The average molecular weight is 307 g/mol. The molecule has 0 bridgehead atoms. The SMILES string of the molecule is CC(C)c1nc(C2CCCCC2)sc1CNC1CCCC1. The molecule has 2 aliphatic rings. The van der Waals surface area contributed by atoms with Crippen LogP contribution in [0.25, 0.3) is 0 Å². The molecule has 0 saturated heterocycles. The van der Waals surface area contributed by atoms with Crippen molar-refractivity contribution in [1.82, 2.24) is 10.3 Å². The summed E-state index contributed by atoms with van der Waals surface area (Å²) in [4.78, 5) is 6.57. The quantitative estimate of drug-likeness (QED) is 0.793. The van der Waals surface area contributed by atoms with Crippen LogP contribution in [0.1, 0.15) is 99.0 Å². The summed E-state index contributed by atoms with van der Waals surface area (Å²) in [7, 11) is 0. The van der Waals surface area contributed by atoms with E-state index in [0.717, 1.165) is 18.5 Å². The van der Waals surface area contributed by atoms with Crippen LogP contribution in [-0.2, 0) is 6.54 Å². The number of aromatic nitrogens is 1. The molecule has 0 amide bonds. The molecule has 21 heavy (non-hydrogen) atoms. The van der Waals surface area contributed by atoms with E-state index >= 15 is 0 Å². The van der Waals surface area contributed by atoms with Gasteiger partial charge >= 0.3 is 0 Å². The molecule has 3 heteroatoms. The standard InChI is InChI=1S/C18H30N2S/c1-13(2)17-16(12-19-15-10-6-7-11-15)21-18(20-17)14-8-4-3-5-9-14/h13-15,19H,3-12H2,1-2H3. The zero-order chi connectivity index (χ0) is 14.7. The Morgan fingerprint density at radius 2 is 1.71 bits per heavy atom. The van der Waals surface area contributed by atoms with Crippen LogP contribution in [0.5, 0.6) is 0 Å². The highest BCUT2D eigenvalue weighted by Gasteiger charge is 2.23. The molecule has 0 unspecified atom stereocenters. The molecular formula is C18H30N2S. The van der Waals surface area contributed by atoms with E-state index in [4.69, 9.17) is 4.98 Å². The number of nitrogens with zero attached hydrogens (tertiary/aromatic N) is 1. The van der Waals surface area contributed by atoms with Crippen LogP contribution in [0.2, 0.25) is 0 Å². The van der Waals surface area contributed by atoms with E-state index in [0.29, 0.717) is 5.92 Å². The summed E-state index contributed by atoms with van der Waals surface area (Å²) in [6.07, 6.45) is 12.5. The molecule has 0 atom stereocenters. The summed E-state index contributed by atoms with van der Waals surface area (Å²) in [6.45, 7) is 5.63. The van der Waals surface area contributed by atoms with Crippen molar-refractivity contribution in [3.63, 3.8) is 0 Å². The lowest BCUT2D eigenvalue weighted by molar-refractivity contribution is 0.441. The van der Waals surface area contributed by atoms with E-state index in [1.807, 2.05) is 11.3 Å². The third-order valence-electron chi connectivity index (χ3n) is 5.15. The minimum atomic E-state index is 0.555. The maximum atomic E-state index is 5.06. The lowest BCUT2D eigenvalue weighted by atomic mass is 9.90. The Hall–Kier alpha value is -0.410. The van der Waals surface area contributed by atoms with Gasteiger partial charge in [-0.1, -0.05) is 46.0 Å². The predicted molar refractivity (Wildman–Crippen MR) is 91.1 cm³/mol. The molecule has 2 fully saturated rings. The van der Waals surface area contributed by atoms with Crippen LogP contribution in [0.4, 0.5) is 0 Å². The van der Waals surface area contributed by atoms with E-state index in [2.05, 4.69) is 19.2 Å². The molecule has 0 aromatic carbocycles. The summed E-state index contributed by atoms with van der Waals surface area (Å²) in [5.41, 5.74) is 1.37. The van der Waals surface area contributed by atoms with Gasteiger partial charge in [-0.15, -0.1) is 11.3 Å². The maximum Gasteiger partial charge on any atom is 0.0962 e. The lowest BCUT2D eigenvalue weighted by Crippen LogP contribution is -2.25. The third-order valence-corrected chi connectivity index (χ3v) is 6.39. The van der Waals surface area contributed by atoms with Gasteiger partial charge in [-0.3, -0.25) is 0 Å². The number of rotatable bonds is 5. The van der Waals surface area contributed by atoms with Crippen LogP contribution in [-0.4, -0.2) is 11.0 Å². The van der Waals surface area contributed by atoms with Crippen molar-refractivity contribution in [2.24, 2.45) is 0 Å². The highest BCUT2D eigenvalue weighted by atomic mass is 32.1. The van der Waals surface area contributed by atoms with Crippen molar-refractivity contribution in [1.29, 1.82) is 0 Å². The van der Waals surface area contributed by atoms with E-state index in [1.165, 1.54) is 73.4 Å². The Morgan fingerprint density at radius 1 is 1.05 bits per heavy atom. The van der Waals surface area contributed by atoms with Gasteiger partial charge in [-0.25, -0.2) is 4.98 Å².